The van der Waals surface area contributed by atoms with Crippen LogP contribution >= 0.6 is 23.4 Å². The van der Waals surface area contributed by atoms with Crippen LogP contribution in [-0.4, -0.2) is 39.4 Å². The first-order valence-corrected chi connectivity index (χ1v) is 11.8. The smallest absolute Gasteiger partial charge is 0.251 e. The van der Waals surface area contributed by atoms with Crippen molar-refractivity contribution < 1.29 is 18.7 Å². The molecule has 180 valence electrons. The van der Waals surface area contributed by atoms with Crippen LogP contribution in [0.3, 0.4) is 0 Å². The van der Waals surface area contributed by atoms with Gasteiger partial charge in [0.25, 0.3) is 5.91 Å². The van der Waals surface area contributed by atoms with E-state index in [-0.39, 0.29) is 23.5 Å². The molecule has 1 aromatic heterocycles. The second kappa shape index (κ2) is 11.3. The van der Waals surface area contributed by atoms with Crippen molar-refractivity contribution in [2.75, 3.05) is 18.2 Å². The third-order valence-corrected chi connectivity index (χ3v) is 6.23. The molecule has 11 heteroatoms. The van der Waals surface area contributed by atoms with E-state index in [1.807, 2.05) is 13.8 Å². The number of aromatic nitrogens is 3. The van der Waals surface area contributed by atoms with E-state index in [9.17, 15) is 14.0 Å². The normalized spacial score (nSPS) is 11.9. The molecule has 1 heterocycles. The van der Waals surface area contributed by atoms with Crippen molar-refractivity contribution in [2.24, 2.45) is 13.0 Å². The van der Waals surface area contributed by atoms with Crippen LogP contribution in [0, 0.1) is 11.7 Å². The molecule has 34 heavy (non-hydrogen) atoms. The summed E-state index contributed by atoms with van der Waals surface area (Å²) in [6.07, 6.45) is 0. The number of nitrogens with one attached hydrogen (secondary N) is 2. The summed E-state index contributed by atoms with van der Waals surface area (Å²) in [5.41, 5.74) is 0.819. The van der Waals surface area contributed by atoms with Crippen molar-refractivity contribution in [3.05, 3.63) is 64.7 Å². The van der Waals surface area contributed by atoms with Crippen LogP contribution in [0.2, 0.25) is 5.02 Å². The summed E-state index contributed by atoms with van der Waals surface area (Å²) in [4.78, 5) is 25.1. The number of hydrogen-bond donors (Lipinski definition) is 2. The molecule has 2 aromatic carbocycles. The van der Waals surface area contributed by atoms with Gasteiger partial charge in [-0.2, -0.15) is 0 Å². The van der Waals surface area contributed by atoms with Gasteiger partial charge in [0, 0.05) is 17.6 Å². The Morgan fingerprint density at radius 3 is 2.53 bits per heavy atom. The van der Waals surface area contributed by atoms with E-state index in [1.54, 1.807) is 29.8 Å². The molecule has 0 aliphatic carbocycles. The lowest BCUT2D eigenvalue weighted by molar-refractivity contribution is -0.113. The Balaban J connectivity index is 1.67. The highest BCUT2D eigenvalue weighted by Crippen LogP contribution is 2.28. The predicted molar refractivity (Wildman–Crippen MR) is 130 cm³/mol. The molecular formula is C23H25ClFN5O3S. The van der Waals surface area contributed by atoms with Crippen molar-refractivity contribution >= 4 is 40.9 Å². The fourth-order valence-electron chi connectivity index (χ4n) is 3.17. The Labute approximate surface area is 206 Å². The summed E-state index contributed by atoms with van der Waals surface area (Å²) >= 11 is 7.22. The van der Waals surface area contributed by atoms with Crippen molar-refractivity contribution in [1.82, 2.24) is 20.1 Å². The molecule has 0 fully saturated rings. The molecule has 3 aromatic rings. The Morgan fingerprint density at radius 1 is 1.18 bits per heavy atom. The van der Waals surface area contributed by atoms with Crippen molar-refractivity contribution in [3.8, 4) is 5.75 Å². The average Bonchev–Trinajstić information content (AvgIpc) is 3.16. The maximum absolute atomic E-state index is 13.2. The van der Waals surface area contributed by atoms with Gasteiger partial charge in [0.2, 0.25) is 5.91 Å². The molecule has 0 saturated heterocycles. The minimum Gasteiger partial charge on any atom is -0.495 e. The van der Waals surface area contributed by atoms with Crippen LogP contribution in [0.15, 0.2) is 47.6 Å². The Kier molecular flexibility index (Phi) is 8.51. The summed E-state index contributed by atoms with van der Waals surface area (Å²) < 4.78 is 20.2. The topological polar surface area (TPSA) is 98.1 Å². The lowest BCUT2D eigenvalue weighted by Gasteiger charge is -2.21. The Morgan fingerprint density at radius 2 is 1.88 bits per heavy atom. The number of carbonyl (C=O) groups is 2. The molecule has 0 spiro atoms. The highest BCUT2D eigenvalue weighted by atomic mass is 35.5. The molecule has 0 aliphatic rings. The van der Waals surface area contributed by atoms with E-state index < -0.39 is 11.9 Å². The molecule has 0 bridgehead atoms. The highest BCUT2D eigenvalue weighted by molar-refractivity contribution is 7.99. The lowest BCUT2D eigenvalue weighted by Crippen LogP contribution is -2.33. The van der Waals surface area contributed by atoms with Gasteiger partial charge in [0.05, 0.1) is 24.6 Å². The van der Waals surface area contributed by atoms with Crippen LogP contribution in [-0.2, 0) is 11.8 Å². The van der Waals surface area contributed by atoms with E-state index >= 15 is 0 Å². The molecule has 3 rings (SSSR count). The summed E-state index contributed by atoms with van der Waals surface area (Å²) in [6.45, 7) is 3.89. The SMILES string of the molecule is COc1ccc(Cl)cc1NC(=O)CSc1nnc([C@H](NC(=O)c2ccc(F)cc2)C(C)C)n1C. The molecule has 2 N–H and O–H groups in total. The summed E-state index contributed by atoms with van der Waals surface area (Å²) in [5, 5.41) is 15.1. The highest BCUT2D eigenvalue weighted by Gasteiger charge is 2.25. The zero-order valence-corrected chi connectivity index (χ0v) is 20.7. The van der Waals surface area contributed by atoms with Gasteiger partial charge in [0.1, 0.15) is 11.6 Å². The molecule has 0 saturated carbocycles. The number of ether oxygens (including phenoxy) is 1. The van der Waals surface area contributed by atoms with Gasteiger partial charge < -0.3 is 19.9 Å². The quantitative estimate of drug-likeness (QED) is 0.416. The van der Waals surface area contributed by atoms with Gasteiger partial charge in [-0.3, -0.25) is 9.59 Å². The zero-order valence-electron chi connectivity index (χ0n) is 19.1. The Bertz CT molecular complexity index is 1170. The monoisotopic (exact) mass is 505 g/mol. The largest absolute Gasteiger partial charge is 0.495 e. The first kappa shape index (κ1) is 25.5. The number of amides is 2. The zero-order chi connectivity index (χ0) is 24.8. The molecule has 2 amide bonds. The Hall–Kier alpha value is -3.11. The average molecular weight is 506 g/mol. The van der Waals surface area contributed by atoms with Crippen molar-refractivity contribution in [1.29, 1.82) is 0 Å². The number of carbonyl (C=O) groups excluding carboxylic acids is 2. The number of methoxy groups -OCH3 is 1. The van der Waals surface area contributed by atoms with Gasteiger partial charge in [-0.1, -0.05) is 37.2 Å². The van der Waals surface area contributed by atoms with Gasteiger partial charge in [-0.05, 0) is 48.4 Å². The molecule has 0 aliphatic heterocycles. The van der Waals surface area contributed by atoms with E-state index in [1.165, 1.54) is 43.1 Å². The molecular weight excluding hydrogens is 481 g/mol. The molecule has 8 nitrogen and oxygen atoms in total. The van der Waals surface area contributed by atoms with Crippen LogP contribution < -0.4 is 15.4 Å². The van der Waals surface area contributed by atoms with Crippen LogP contribution in [0.1, 0.15) is 36.1 Å². The van der Waals surface area contributed by atoms with E-state index in [0.29, 0.717) is 33.0 Å². The first-order chi connectivity index (χ1) is 16.2. The van der Waals surface area contributed by atoms with Crippen LogP contribution in [0.4, 0.5) is 10.1 Å². The van der Waals surface area contributed by atoms with Crippen molar-refractivity contribution in [3.63, 3.8) is 0 Å². The number of rotatable bonds is 9. The minimum atomic E-state index is -0.436. The van der Waals surface area contributed by atoms with Crippen LogP contribution in [0.25, 0.3) is 0 Å². The number of anilines is 1. The van der Waals surface area contributed by atoms with Gasteiger partial charge in [-0.25, -0.2) is 4.39 Å². The van der Waals surface area contributed by atoms with E-state index in [0.717, 1.165) is 0 Å². The summed E-state index contributed by atoms with van der Waals surface area (Å²) in [7, 11) is 3.28. The fourth-order valence-corrected chi connectivity index (χ4v) is 4.06. The second-order valence-electron chi connectivity index (χ2n) is 7.78. The molecule has 0 radical (unpaired) electrons. The van der Waals surface area contributed by atoms with Crippen LogP contribution in [0.5, 0.6) is 5.75 Å². The number of thioether (sulfide) groups is 1. The lowest BCUT2D eigenvalue weighted by atomic mass is 10.0. The maximum Gasteiger partial charge on any atom is 0.251 e. The summed E-state index contributed by atoms with van der Waals surface area (Å²) in [5.74, 6) is 0.111. The van der Waals surface area contributed by atoms with Gasteiger partial charge in [-0.15, -0.1) is 10.2 Å². The number of hydrogen-bond acceptors (Lipinski definition) is 6. The second-order valence-corrected chi connectivity index (χ2v) is 9.16. The number of benzene rings is 2. The predicted octanol–water partition coefficient (Wildman–Crippen LogP) is 4.47. The summed E-state index contributed by atoms with van der Waals surface area (Å²) in [6, 6.07) is 9.84. The minimum absolute atomic E-state index is 0.00346. The third kappa shape index (κ3) is 6.27. The van der Waals surface area contributed by atoms with E-state index in [4.69, 9.17) is 16.3 Å². The molecule has 0 unspecified atom stereocenters. The standard InChI is InChI=1S/C23H25ClFN5O3S/c1-13(2)20(27-22(32)14-5-8-16(25)9-6-14)21-28-29-23(30(21)3)34-12-19(31)26-17-11-15(24)7-10-18(17)33-4/h5-11,13,20H,12H2,1-4H3,(H,26,31)(H,27,32)/t20-/m1/s1. The molecule has 1 atom stereocenters. The van der Waals surface area contributed by atoms with Gasteiger partial charge >= 0.3 is 0 Å². The fraction of sp³-hybridized carbons (Fsp3) is 0.304. The van der Waals surface area contributed by atoms with Crippen molar-refractivity contribution in [2.45, 2.75) is 25.0 Å². The van der Waals surface area contributed by atoms with Gasteiger partial charge in [0.15, 0.2) is 11.0 Å². The third-order valence-electron chi connectivity index (χ3n) is 4.97. The number of nitrogens with zero attached hydrogens (tertiary/aromatic N) is 3. The van der Waals surface area contributed by atoms with E-state index in [2.05, 4.69) is 20.8 Å². The maximum atomic E-state index is 13.2. The first-order valence-electron chi connectivity index (χ1n) is 10.4. The number of halogens is 2.